The molecule has 0 aliphatic carbocycles. The van der Waals surface area contributed by atoms with E-state index in [1.54, 1.807) is 9.80 Å². The summed E-state index contributed by atoms with van der Waals surface area (Å²) in [7, 11) is 0. The third kappa shape index (κ3) is 4.25. The fourth-order valence-corrected chi connectivity index (χ4v) is 5.10. The number of hydrogen-bond donors (Lipinski definition) is 0. The quantitative estimate of drug-likeness (QED) is 0.504. The van der Waals surface area contributed by atoms with E-state index in [1.807, 2.05) is 42.5 Å². The molecule has 0 N–H and O–H groups in total. The molecule has 2 aliphatic heterocycles. The average Bonchev–Trinajstić information content (AvgIpc) is 3.63. The molecule has 0 unspecified atom stereocenters. The molecular weight excluding hydrogens is 430 g/mol. The molecule has 0 bridgehead atoms. The largest absolute Gasteiger partial charge is 0.451 e. The molecule has 0 saturated carbocycles. The Hall–Kier alpha value is -3.74. The molecule has 7 heteroatoms. The van der Waals surface area contributed by atoms with E-state index in [4.69, 9.17) is 4.42 Å². The van der Waals surface area contributed by atoms with Crippen LogP contribution in [-0.4, -0.2) is 46.1 Å². The number of hydrogen-bond acceptors (Lipinski definition) is 5. The molecule has 2 aliphatic rings. The minimum Gasteiger partial charge on any atom is -0.451 e. The fourth-order valence-electron chi connectivity index (χ4n) is 5.10. The number of benzene rings is 2. The molecule has 3 aromatic rings. The van der Waals surface area contributed by atoms with Crippen molar-refractivity contribution in [1.82, 2.24) is 9.88 Å². The van der Waals surface area contributed by atoms with Gasteiger partial charge in [-0.05, 0) is 42.9 Å². The summed E-state index contributed by atoms with van der Waals surface area (Å²) >= 11 is 0. The molecule has 7 nitrogen and oxygen atoms in total. The van der Waals surface area contributed by atoms with Gasteiger partial charge in [0.05, 0.1) is 6.04 Å². The maximum Gasteiger partial charge on any atom is 0.246 e. The van der Waals surface area contributed by atoms with Crippen LogP contribution < -0.4 is 4.90 Å². The van der Waals surface area contributed by atoms with Crippen LogP contribution in [0.15, 0.2) is 71.7 Å². The number of rotatable bonds is 7. The molecule has 1 fully saturated rings. The topological polar surface area (TPSA) is 83.7 Å². The number of nitrogens with zero attached hydrogens (tertiary/aromatic N) is 3. The second-order valence-electron chi connectivity index (χ2n) is 8.88. The molecule has 0 radical (unpaired) electrons. The number of aromatic nitrogens is 1. The van der Waals surface area contributed by atoms with Crippen molar-refractivity contribution in [3.63, 3.8) is 0 Å². The van der Waals surface area contributed by atoms with Gasteiger partial charge in [0.2, 0.25) is 17.6 Å². The van der Waals surface area contributed by atoms with Crippen LogP contribution in [0.1, 0.15) is 47.3 Å². The number of fused-ring (bicyclic) bond motifs is 1. The molecule has 1 saturated heterocycles. The third-order valence-electron chi connectivity index (χ3n) is 6.75. The van der Waals surface area contributed by atoms with Crippen molar-refractivity contribution >= 4 is 23.3 Å². The number of aryl methyl sites for hydroxylation is 1. The van der Waals surface area contributed by atoms with Crippen molar-refractivity contribution < 1.29 is 18.8 Å². The van der Waals surface area contributed by atoms with Gasteiger partial charge in [-0.3, -0.25) is 19.3 Å². The Morgan fingerprint density at radius 3 is 2.59 bits per heavy atom. The van der Waals surface area contributed by atoms with Crippen LogP contribution in [-0.2, 0) is 22.4 Å². The number of para-hydroxylation sites is 1. The summed E-state index contributed by atoms with van der Waals surface area (Å²) in [5, 5.41) is 0. The molecule has 34 heavy (non-hydrogen) atoms. The SMILES string of the molecule is O=C(c1cocn1)[C@@H]1CCCN1C(=O)[C@@H]1Cc2ccccc2N1C(=O)CCCc1ccccc1. The second-order valence-corrected chi connectivity index (χ2v) is 8.88. The Morgan fingerprint density at radius 2 is 1.79 bits per heavy atom. The zero-order valence-electron chi connectivity index (χ0n) is 18.9. The van der Waals surface area contributed by atoms with Gasteiger partial charge in [-0.1, -0.05) is 48.5 Å². The van der Waals surface area contributed by atoms with Crippen molar-refractivity contribution in [3.8, 4) is 0 Å². The lowest BCUT2D eigenvalue weighted by Crippen LogP contribution is -2.52. The molecular formula is C27H27N3O4. The maximum atomic E-state index is 13.7. The first-order chi connectivity index (χ1) is 16.6. The average molecular weight is 458 g/mol. The zero-order valence-corrected chi connectivity index (χ0v) is 18.9. The number of carbonyl (C=O) groups excluding carboxylic acids is 3. The van der Waals surface area contributed by atoms with Gasteiger partial charge < -0.3 is 9.32 Å². The van der Waals surface area contributed by atoms with E-state index in [0.29, 0.717) is 32.2 Å². The van der Waals surface area contributed by atoms with E-state index in [1.165, 1.54) is 18.2 Å². The lowest BCUT2D eigenvalue weighted by molar-refractivity contribution is -0.134. The normalized spacial score (nSPS) is 19.3. The Morgan fingerprint density at radius 1 is 1.00 bits per heavy atom. The van der Waals surface area contributed by atoms with E-state index in [-0.39, 0.29) is 23.3 Å². The van der Waals surface area contributed by atoms with Crippen molar-refractivity contribution in [2.45, 2.75) is 50.6 Å². The number of carbonyl (C=O) groups is 3. The lowest BCUT2D eigenvalue weighted by Gasteiger charge is -2.31. The predicted octanol–water partition coefficient (Wildman–Crippen LogP) is 3.83. The predicted molar refractivity (Wildman–Crippen MR) is 126 cm³/mol. The van der Waals surface area contributed by atoms with E-state index >= 15 is 0 Å². The Bertz CT molecular complexity index is 1180. The molecule has 0 spiro atoms. The Kier molecular flexibility index (Phi) is 6.25. The van der Waals surface area contributed by atoms with Crippen molar-refractivity contribution in [2.75, 3.05) is 11.4 Å². The van der Waals surface area contributed by atoms with Gasteiger partial charge in [-0.25, -0.2) is 4.98 Å². The highest BCUT2D eigenvalue weighted by atomic mass is 16.3. The molecule has 2 aromatic carbocycles. The zero-order chi connectivity index (χ0) is 23.5. The van der Waals surface area contributed by atoms with Crippen LogP contribution in [0.3, 0.4) is 0 Å². The summed E-state index contributed by atoms with van der Waals surface area (Å²) in [5.41, 5.74) is 3.20. The monoisotopic (exact) mass is 457 g/mol. The highest BCUT2D eigenvalue weighted by molar-refractivity contribution is 6.06. The highest BCUT2D eigenvalue weighted by Gasteiger charge is 2.44. The number of anilines is 1. The number of amides is 2. The number of Topliss-reactive ketones (excluding diaryl/α,β-unsaturated/α-hetero) is 1. The molecule has 3 heterocycles. The fraction of sp³-hybridized carbons (Fsp3) is 0.333. The first-order valence-electron chi connectivity index (χ1n) is 11.8. The lowest BCUT2D eigenvalue weighted by atomic mass is 10.1. The summed E-state index contributed by atoms with van der Waals surface area (Å²) < 4.78 is 4.96. The van der Waals surface area contributed by atoms with Crippen LogP contribution >= 0.6 is 0 Å². The summed E-state index contributed by atoms with van der Waals surface area (Å²) in [6.07, 6.45) is 6.19. The van der Waals surface area contributed by atoms with Crippen molar-refractivity contribution in [2.24, 2.45) is 0 Å². The molecule has 2 amide bonds. The Balaban J connectivity index is 1.33. The second kappa shape index (κ2) is 9.63. The molecule has 5 rings (SSSR count). The van der Waals surface area contributed by atoms with Gasteiger partial charge in [-0.15, -0.1) is 0 Å². The van der Waals surface area contributed by atoms with Crippen LogP contribution in [0, 0.1) is 0 Å². The van der Waals surface area contributed by atoms with Crippen molar-refractivity contribution in [3.05, 3.63) is 84.1 Å². The minimum atomic E-state index is -0.632. The standard InChI is InChI=1S/C27H27N3O4/c31-25(14-6-10-19-8-2-1-3-9-19)30-22-12-5-4-11-20(22)16-24(30)27(33)29-15-7-13-23(29)26(32)21-17-34-18-28-21/h1-5,8-9,11-12,17-18,23-24H,6-7,10,13-16H2/t23-,24-/m0/s1. The van der Waals surface area contributed by atoms with E-state index in [9.17, 15) is 14.4 Å². The Labute approximate surface area is 198 Å². The van der Waals surface area contributed by atoms with Gasteiger partial charge in [0.25, 0.3) is 0 Å². The molecule has 174 valence electrons. The van der Waals surface area contributed by atoms with Gasteiger partial charge in [0.15, 0.2) is 6.39 Å². The smallest absolute Gasteiger partial charge is 0.246 e. The maximum absolute atomic E-state index is 13.7. The summed E-state index contributed by atoms with van der Waals surface area (Å²) in [5.74, 6) is -0.444. The number of oxazole rings is 1. The van der Waals surface area contributed by atoms with E-state index in [0.717, 1.165) is 24.1 Å². The molecule has 2 atom stereocenters. The van der Waals surface area contributed by atoms with E-state index < -0.39 is 12.1 Å². The first kappa shape index (κ1) is 22.1. The third-order valence-corrected chi connectivity index (χ3v) is 6.75. The summed E-state index contributed by atoms with van der Waals surface area (Å²) in [6, 6.07) is 16.6. The van der Waals surface area contributed by atoms with Crippen LogP contribution in [0.5, 0.6) is 0 Å². The summed E-state index contributed by atoms with van der Waals surface area (Å²) in [6.45, 7) is 0.496. The number of likely N-dealkylation sites (tertiary alicyclic amines) is 1. The van der Waals surface area contributed by atoms with E-state index in [2.05, 4.69) is 17.1 Å². The number of ketones is 1. The van der Waals surface area contributed by atoms with Gasteiger partial charge in [0, 0.05) is 25.1 Å². The van der Waals surface area contributed by atoms with Crippen LogP contribution in [0.4, 0.5) is 5.69 Å². The van der Waals surface area contributed by atoms with Gasteiger partial charge in [0.1, 0.15) is 18.0 Å². The summed E-state index contributed by atoms with van der Waals surface area (Å²) in [4.78, 5) is 47.4. The van der Waals surface area contributed by atoms with Crippen molar-refractivity contribution in [1.29, 1.82) is 0 Å². The van der Waals surface area contributed by atoms with Crippen LogP contribution in [0.2, 0.25) is 0 Å². The highest BCUT2D eigenvalue weighted by Crippen LogP contribution is 2.35. The molecule has 1 aromatic heterocycles. The first-order valence-corrected chi connectivity index (χ1v) is 11.8. The van der Waals surface area contributed by atoms with Crippen LogP contribution in [0.25, 0.3) is 0 Å². The van der Waals surface area contributed by atoms with Gasteiger partial charge >= 0.3 is 0 Å². The van der Waals surface area contributed by atoms with Gasteiger partial charge in [-0.2, -0.15) is 0 Å². The minimum absolute atomic E-state index is 0.0576.